The Balaban J connectivity index is 1.63. The first kappa shape index (κ1) is 22.5. The van der Waals surface area contributed by atoms with Crippen molar-refractivity contribution in [1.82, 2.24) is 10.3 Å². The van der Waals surface area contributed by atoms with Crippen molar-refractivity contribution in [2.75, 3.05) is 11.9 Å². The van der Waals surface area contributed by atoms with Gasteiger partial charge in [-0.1, -0.05) is 35.8 Å². The molecule has 7 heteroatoms. The van der Waals surface area contributed by atoms with Gasteiger partial charge in [0.05, 0.1) is 5.56 Å². The number of benzene rings is 2. The third-order valence-electron chi connectivity index (χ3n) is 4.42. The summed E-state index contributed by atoms with van der Waals surface area (Å²) >= 11 is 3.39. The van der Waals surface area contributed by atoms with Gasteiger partial charge in [0.2, 0.25) is 5.88 Å². The summed E-state index contributed by atoms with van der Waals surface area (Å²) in [5, 5.41) is 5.75. The maximum atomic E-state index is 12.6. The monoisotopic (exact) mass is 481 g/mol. The van der Waals surface area contributed by atoms with Crippen LogP contribution in [-0.4, -0.2) is 23.3 Å². The van der Waals surface area contributed by atoms with Gasteiger partial charge in [0.25, 0.3) is 11.8 Å². The fourth-order valence-corrected chi connectivity index (χ4v) is 3.14. The first-order valence-corrected chi connectivity index (χ1v) is 10.7. The van der Waals surface area contributed by atoms with E-state index in [1.54, 1.807) is 30.3 Å². The molecule has 3 rings (SSSR count). The zero-order chi connectivity index (χ0) is 22.4. The smallest absolute Gasteiger partial charge is 0.257 e. The molecular formula is C24H24BrN3O3. The van der Waals surface area contributed by atoms with E-state index in [0.29, 0.717) is 40.9 Å². The van der Waals surface area contributed by atoms with Crippen LogP contribution in [-0.2, 0) is 0 Å². The fourth-order valence-electron chi connectivity index (χ4n) is 2.76. The van der Waals surface area contributed by atoms with Crippen molar-refractivity contribution in [2.45, 2.75) is 20.8 Å². The zero-order valence-electron chi connectivity index (χ0n) is 17.6. The second-order valence-corrected chi connectivity index (χ2v) is 8.45. The molecular weight excluding hydrogens is 458 g/mol. The lowest BCUT2D eigenvalue weighted by Gasteiger charge is -2.12. The summed E-state index contributed by atoms with van der Waals surface area (Å²) < 4.78 is 6.59. The highest BCUT2D eigenvalue weighted by Crippen LogP contribution is 2.23. The second-order valence-electron chi connectivity index (χ2n) is 7.53. The van der Waals surface area contributed by atoms with Gasteiger partial charge in [-0.15, -0.1) is 0 Å². The molecule has 0 aliphatic rings. The number of aryl methyl sites for hydroxylation is 1. The molecule has 0 radical (unpaired) electrons. The number of hydrogen-bond donors (Lipinski definition) is 2. The molecule has 2 amide bonds. The molecule has 31 heavy (non-hydrogen) atoms. The van der Waals surface area contributed by atoms with Crippen molar-refractivity contribution >= 4 is 33.4 Å². The van der Waals surface area contributed by atoms with Crippen LogP contribution < -0.4 is 15.4 Å². The number of hydrogen-bond acceptors (Lipinski definition) is 4. The highest BCUT2D eigenvalue weighted by atomic mass is 79.9. The third kappa shape index (κ3) is 6.39. The predicted molar refractivity (Wildman–Crippen MR) is 125 cm³/mol. The van der Waals surface area contributed by atoms with Crippen LogP contribution >= 0.6 is 15.9 Å². The number of nitrogens with zero attached hydrogens (tertiary/aromatic N) is 1. The van der Waals surface area contributed by atoms with E-state index in [4.69, 9.17) is 4.74 Å². The van der Waals surface area contributed by atoms with Crippen LogP contribution in [0.3, 0.4) is 0 Å². The molecule has 0 spiro atoms. The van der Waals surface area contributed by atoms with Crippen molar-refractivity contribution in [1.29, 1.82) is 0 Å². The van der Waals surface area contributed by atoms with Crippen molar-refractivity contribution in [2.24, 2.45) is 5.92 Å². The minimum atomic E-state index is -0.290. The molecule has 0 atom stereocenters. The molecule has 0 bridgehead atoms. The van der Waals surface area contributed by atoms with E-state index < -0.39 is 0 Å². The van der Waals surface area contributed by atoms with E-state index in [0.717, 1.165) is 10.0 Å². The van der Waals surface area contributed by atoms with E-state index in [2.05, 4.69) is 31.5 Å². The number of halogens is 1. The Morgan fingerprint density at radius 1 is 1.03 bits per heavy atom. The average Bonchev–Trinajstić information content (AvgIpc) is 2.74. The minimum absolute atomic E-state index is 0.125. The Labute approximate surface area is 190 Å². The van der Waals surface area contributed by atoms with Gasteiger partial charge >= 0.3 is 0 Å². The number of anilines is 1. The molecule has 160 valence electrons. The molecule has 2 aromatic carbocycles. The topological polar surface area (TPSA) is 80.3 Å². The largest absolute Gasteiger partial charge is 0.439 e. The standard InChI is InChI=1S/C24H24BrN3O3/c1-15(2)13-27-23(29)17-7-9-21(16(3)11-17)28-24(30)18-8-10-22(26-14-18)31-20-6-4-5-19(25)12-20/h4-12,14-15H,13H2,1-3H3,(H,27,29)(H,28,30). The number of pyridine rings is 1. The number of carbonyl (C=O) groups is 2. The van der Waals surface area contributed by atoms with Crippen LogP contribution in [0.5, 0.6) is 11.6 Å². The molecule has 0 fully saturated rings. The van der Waals surface area contributed by atoms with Crippen LogP contribution in [0.25, 0.3) is 0 Å². The summed E-state index contributed by atoms with van der Waals surface area (Å²) in [5.74, 6) is 1.000. The maximum absolute atomic E-state index is 12.6. The van der Waals surface area contributed by atoms with Gasteiger partial charge in [0, 0.05) is 34.5 Å². The minimum Gasteiger partial charge on any atom is -0.439 e. The van der Waals surface area contributed by atoms with Gasteiger partial charge in [0.1, 0.15) is 5.75 Å². The lowest BCUT2D eigenvalue weighted by molar-refractivity contribution is 0.0948. The van der Waals surface area contributed by atoms with Gasteiger partial charge in [-0.05, 0) is 60.9 Å². The molecule has 3 aromatic rings. The van der Waals surface area contributed by atoms with Crippen molar-refractivity contribution in [3.63, 3.8) is 0 Å². The van der Waals surface area contributed by atoms with Crippen LogP contribution in [0.1, 0.15) is 40.1 Å². The quantitative estimate of drug-likeness (QED) is 0.461. The Hall–Kier alpha value is -3.19. The van der Waals surface area contributed by atoms with Crippen LogP contribution in [0, 0.1) is 12.8 Å². The van der Waals surface area contributed by atoms with Crippen LogP contribution in [0.15, 0.2) is 65.3 Å². The number of nitrogens with one attached hydrogen (secondary N) is 2. The molecule has 6 nitrogen and oxygen atoms in total. The Kier molecular flexibility index (Phi) is 7.41. The van der Waals surface area contributed by atoms with Crippen LogP contribution in [0.2, 0.25) is 0 Å². The molecule has 0 unspecified atom stereocenters. The van der Waals surface area contributed by atoms with E-state index in [9.17, 15) is 9.59 Å². The lowest BCUT2D eigenvalue weighted by atomic mass is 10.1. The normalized spacial score (nSPS) is 10.6. The van der Waals surface area contributed by atoms with Gasteiger partial charge in [-0.2, -0.15) is 0 Å². The van der Waals surface area contributed by atoms with Crippen LogP contribution in [0.4, 0.5) is 5.69 Å². The lowest BCUT2D eigenvalue weighted by Crippen LogP contribution is -2.27. The SMILES string of the molecule is Cc1cc(C(=O)NCC(C)C)ccc1NC(=O)c1ccc(Oc2cccc(Br)c2)nc1. The van der Waals surface area contributed by atoms with E-state index in [-0.39, 0.29) is 11.8 Å². The number of rotatable bonds is 7. The molecule has 1 heterocycles. The summed E-state index contributed by atoms with van der Waals surface area (Å²) in [6.45, 7) is 6.55. The first-order valence-electron chi connectivity index (χ1n) is 9.91. The van der Waals surface area contributed by atoms with Gasteiger partial charge in [0.15, 0.2) is 0 Å². The fraction of sp³-hybridized carbons (Fsp3) is 0.208. The molecule has 0 saturated carbocycles. The highest BCUT2D eigenvalue weighted by Gasteiger charge is 2.12. The summed E-state index contributed by atoms with van der Waals surface area (Å²) in [7, 11) is 0. The summed E-state index contributed by atoms with van der Waals surface area (Å²) in [5.41, 5.74) is 2.40. The van der Waals surface area contributed by atoms with Crippen molar-refractivity contribution in [3.8, 4) is 11.6 Å². The van der Waals surface area contributed by atoms with Gasteiger partial charge in [-0.3, -0.25) is 9.59 Å². The Bertz CT molecular complexity index is 1080. The van der Waals surface area contributed by atoms with Crippen molar-refractivity contribution in [3.05, 3.63) is 82.0 Å². The predicted octanol–water partition coefficient (Wildman–Crippen LogP) is 5.58. The molecule has 2 N–H and O–H groups in total. The highest BCUT2D eigenvalue weighted by molar-refractivity contribution is 9.10. The van der Waals surface area contributed by atoms with E-state index in [1.807, 2.05) is 45.0 Å². The number of carbonyl (C=O) groups excluding carboxylic acids is 2. The summed E-state index contributed by atoms with van der Waals surface area (Å²) in [6.07, 6.45) is 1.46. The molecule has 0 aliphatic heterocycles. The van der Waals surface area contributed by atoms with Crippen molar-refractivity contribution < 1.29 is 14.3 Å². The Morgan fingerprint density at radius 3 is 2.45 bits per heavy atom. The number of ether oxygens (including phenoxy) is 1. The first-order chi connectivity index (χ1) is 14.8. The number of amides is 2. The maximum Gasteiger partial charge on any atom is 0.257 e. The summed E-state index contributed by atoms with van der Waals surface area (Å²) in [4.78, 5) is 29.0. The van der Waals surface area contributed by atoms with Gasteiger partial charge < -0.3 is 15.4 Å². The van der Waals surface area contributed by atoms with E-state index in [1.165, 1.54) is 6.20 Å². The Morgan fingerprint density at radius 2 is 1.81 bits per heavy atom. The molecule has 0 aliphatic carbocycles. The second kappa shape index (κ2) is 10.2. The van der Waals surface area contributed by atoms with Gasteiger partial charge in [-0.25, -0.2) is 4.98 Å². The summed E-state index contributed by atoms with van der Waals surface area (Å²) in [6, 6.07) is 15.9. The number of aromatic nitrogens is 1. The molecule has 1 aromatic heterocycles. The zero-order valence-corrected chi connectivity index (χ0v) is 19.2. The third-order valence-corrected chi connectivity index (χ3v) is 4.92. The average molecular weight is 482 g/mol. The molecule has 0 saturated heterocycles. The van der Waals surface area contributed by atoms with E-state index >= 15 is 0 Å².